The summed E-state index contributed by atoms with van der Waals surface area (Å²) < 4.78 is 5.31. The predicted octanol–water partition coefficient (Wildman–Crippen LogP) is 2.86. The van der Waals surface area contributed by atoms with Gasteiger partial charge in [-0.3, -0.25) is 4.79 Å². The third-order valence-electron chi connectivity index (χ3n) is 2.90. The molecule has 1 aliphatic heterocycles. The van der Waals surface area contributed by atoms with Crippen molar-refractivity contribution in [3.8, 4) is 0 Å². The minimum atomic E-state index is -0.475. The molecular formula is C14H25NO3. The van der Waals surface area contributed by atoms with Crippen LogP contribution in [0.4, 0.5) is 4.79 Å². The lowest BCUT2D eigenvalue weighted by molar-refractivity contribution is -0.123. The fourth-order valence-corrected chi connectivity index (χ4v) is 2.08. The van der Waals surface area contributed by atoms with Gasteiger partial charge in [0.25, 0.3) is 0 Å². The number of carbonyl (C=O) groups excluding carboxylic acids is 2. The van der Waals surface area contributed by atoms with Gasteiger partial charge in [0.15, 0.2) is 0 Å². The van der Waals surface area contributed by atoms with Gasteiger partial charge < -0.3 is 9.64 Å². The molecular weight excluding hydrogens is 230 g/mol. The number of likely N-dealkylation sites (tertiary alicyclic amines) is 1. The highest BCUT2D eigenvalue weighted by Gasteiger charge is 2.33. The molecule has 104 valence electrons. The van der Waals surface area contributed by atoms with Crippen LogP contribution in [0.3, 0.4) is 0 Å². The SMILES string of the molecule is CC(C)CC(=O)[C@H]1CCN(C(=O)OC(C)(C)C)C1. The summed E-state index contributed by atoms with van der Waals surface area (Å²) >= 11 is 0. The molecule has 0 spiro atoms. The van der Waals surface area contributed by atoms with Crippen molar-refractivity contribution < 1.29 is 14.3 Å². The highest BCUT2D eigenvalue weighted by atomic mass is 16.6. The van der Waals surface area contributed by atoms with Crippen molar-refractivity contribution in [3.63, 3.8) is 0 Å². The van der Waals surface area contributed by atoms with Crippen LogP contribution in [0.25, 0.3) is 0 Å². The van der Waals surface area contributed by atoms with Crippen LogP contribution in [0.2, 0.25) is 0 Å². The Hall–Kier alpha value is -1.06. The molecule has 0 radical (unpaired) electrons. The lowest BCUT2D eigenvalue weighted by Gasteiger charge is -2.24. The fourth-order valence-electron chi connectivity index (χ4n) is 2.08. The number of carbonyl (C=O) groups is 2. The first kappa shape index (κ1) is 15.0. The van der Waals surface area contributed by atoms with Crippen molar-refractivity contribution in [2.75, 3.05) is 13.1 Å². The Kier molecular flexibility index (Phi) is 4.77. The number of hydrogen-bond acceptors (Lipinski definition) is 3. The molecule has 1 fully saturated rings. The maximum Gasteiger partial charge on any atom is 0.410 e. The van der Waals surface area contributed by atoms with Crippen LogP contribution < -0.4 is 0 Å². The summed E-state index contributed by atoms with van der Waals surface area (Å²) in [6.45, 7) is 10.8. The largest absolute Gasteiger partial charge is 0.444 e. The highest BCUT2D eigenvalue weighted by molar-refractivity contribution is 5.82. The first-order valence-electron chi connectivity index (χ1n) is 6.69. The molecule has 18 heavy (non-hydrogen) atoms. The normalized spacial score (nSPS) is 20.3. The van der Waals surface area contributed by atoms with E-state index in [-0.39, 0.29) is 17.8 Å². The van der Waals surface area contributed by atoms with Gasteiger partial charge in [0.1, 0.15) is 11.4 Å². The minimum Gasteiger partial charge on any atom is -0.444 e. The minimum absolute atomic E-state index is 0.0000756. The summed E-state index contributed by atoms with van der Waals surface area (Å²) in [5.41, 5.74) is -0.475. The van der Waals surface area contributed by atoms with Crippen LogP contribution in [0.15, 0.2) is 0 Å². The van der Waals surface area contributed by atoms with E-state index in [0.29, 0.717) is 25.4 Å². The Morgan fingerprint density at radius 3 is 2.44 bits per heavy atom. The lowest BCUT2D eigenvalue weighted by atomic mass is 9.96. The zero-order chi connectivity index (χ0) is 13.9. The van der Waals surface area contributed by atoms with E-state index < -0.39 is 5.60 Å². The molecule has 1 aliphatic rings. The fraction of sp³-hybridized carbons (Fsp3) is 0.857. The summed E-state index contributed by atoms with van der Waals surface area (Å²) in [5.74, 6) is 0.657. The summed E-state index contributed by atoms with van der Waals surface area (Å²) in [4.78, 5) is 25.4. The number of Topliss-reactive ketones (excluding diaryl/α,β-unsaturated/α-hetero) is 1. The second-order valence-corrected chi connectivity index (χ2v) is 6.48. The van der Waals surface area contributed by atoms with Gasteiger partial charge >= 0.3 is 6.09 Å². The molecule has 1 rings (SSSR count). The van der Waals surface area contributed by atoms with Crippen molar-refractivity contribution in [1.29, 1.82) is 0 Å². The first-order chi connectivity index (χ1) is 8.19. The van der Waals surface area contributed by atoms with Crippen molar-refractivity contribution in [1.82, 2.24) is 4.90 Å². The average molecular weight is 255 g/mol. The molecule has 1 atom stereocenters. The van der Waals surface area contributed by atoms with Gasteiger partial charge in [-0.05, 0) is 33.1 Å². The van der Waals surface area contributed by atoms with E-state index in [0.717, 1.165) is 6.42 Å². The molecule has 0 bridgehead atoms. The molecule has 0 aliphatic carbocycles. The Morgan fingerprint density at radius 2 is 1.94 bits per heavy atom. The number of nitrogens with zero attached hydrogens (tertiary/aromatic N) is 1. The van der Waals surface area contributed by atoms with Gasteiger partial charge in [0.2, 0.25) is 0 Å². The van der Waals surface area contributed by atoms with Gasteiger partial charge in [0.05, 0.1) is 0 Å². The molecule has 0 aromatic heterocycles. The van der Waals surface area contributed by atoms with Crippen molar-refractivity contribution >= 4 is 11.9 Å². The topological polar surface area (TPSA) is 46.6 Å². The molecule has 4 heteroatoms. The van der Waals surface area contributed by atoms with Crippen LogP contribution in [0, 0.1) is 11.8 Å². The van der Waals surface area contributed by atoms with E-state index >= 15 is 0 Å². The van der Waals surface area contributed by atoms with E-state index in [2.05, 4.69) is 0 Å². The third-order valence-corrected chi connectivity index (χ3v) is 2.90. The molecule has 1 amide bonds. The van der Waals surface area contributed by atoms with Gasteiger partial charge in [-0.15, -0.1) is 0 Å². The predicted molar refractivity (Wildman–Crippen MR) is 70.4 cm³/mol. The van der Waals surface area contributed by atoms with E-state index in [9.17, 15) is 9.59 Å². The molecule has 1 heterocycles. The Bertz CT molecular complexity index is 317. The van der Waals surface area contributed by atoms with E-state index in [1.54, 1.807) is 4.90 Å². The third kappa shape index (κ3) is 4.67. The van der Waals surface area contributed by atoms with Gasteiger partial charge in [0, 0.05) is 25.4 Å². The lowest BCUT2D eigenvalue weighted by Crippen LogP contribution is -2.35. The number of ether oxygens (including phenoxy) is 1. The second kappa shape index (κ2) is 5.72. The Labute approximate surface area is 110 Å². The molecule has 0 saturated carbocycles. The molecule has 0 aromatic carbocycles. The van der Waals surface area contributed by atoms with Crippen LogP contribution in [0.1, 0.15) is 47.5 Å². The van der Waals surface area contributed by atoms with Crippen LogP contribution in [0.5, 0.6) is 0 Å². The van der Waals surface area contributed by atoms with Crippen LogP contribution in [-0.2, 0) is 9.53 Å². The number of amides is 1. The number of hydrogen-bond donors (Lipinski definition) is 0. The monoisotopic (exact) mass is 255 g/mol. The van der Waals surface area contributed by atoms with Crippen molar-refractivity contribution in [2.24, 2.45) is 11.8 Å². The van der Waals surface area contributed by atoms with E-state index in [1.807, 2.05) is 34.6 Å². The summed E-state index contributed by atoms with van der Waals surface area (Å²) in [7, 11) is 0. The van der Waals surface area contributed by atoms with Crippen LogP contribution in [-0.4, -0.2) is 35.5 Å². The standard InChI is InChI=1S/C14H25NO3/c1-10(2)8-12(16)11-6-7-15(9-11)13(17)18-14(3,4)5/h10-11H,6-9H2,1-5H3/t11-/m0/s1. The molecule has 1 saturated heterocycles. The highest BCUT2D eigenvalue weighted by Crippen LogP contribution is 2.22. The van der Waals surface area contributed by atoms with Crippen molar-refractivity contribution in [2.45, 2.75) is 53.1 Å². The Balaban J connectivity index is 2.46. The first-order valence-corrected chi connectivity index (χ1v) is 6.69. The van der Waals surface area contributed by atoms with E-state index in [4.69, 9.17) is 4.74 Å². The molecule has 4 nitrogen and oxygen atoms in total. The zero-order valence-electron chi connectivity index (χ0n) is 12.2. The quantitative estimate of drug-likeness (QED) is 0.779. The summed E-state index contributed by atoms with van der Waals surface area (Å²) in [5, 5.41) is 0. The maximum absolute atomic E-state index is 11.9. The summed E-state index contributed by atoms with van der Waals surface area (Å²) in [6, 6.07) is 0. The van der Waals surface area contributed by atoms with Gasteiger partial charge in [-0.1, -0.05) is 13.8 Å². The van der Waals surface area contributed by atoms with Gasteiger partial charge in [-0.2, -0.15) is 0 Å². The molecule has 0 unspecified atom stereocenters. The van der Waals surface area contributed by atoms with Crippen LogP contribution >= 0.6 is 0 Å². The number of rotatable bonds is 3. The van der Waals surface area contributed by atoms with E-state index in [1.165, 1.54) is 0 Å². The summed E-state index contributed by atoms with van der Waals surface area (Å²) in [6.07, 6.45) is 1.07. The second-order valence-electron chi connectivity index (χ2n) is 6.48. The zero-order valence-corrected chi connectivity index (χ0v) is 12.2. The van der Waals surface area contributed by atoms with Crippen molar-refractivity contribution in [3.05, 3.63) is 0 Å². The smallest absolute Gasteiger partial charge is 0.410 e. The maximum atomic E-state index is 11.9. The molecule has 0 N–H and O–H groups in total. The average Bonchev–Trinajstić information content (AvgIpc) is 2.61. The number of ketones is 1. The van der Waals surface area contributed by atoms with Gasteiger partial charge in [-0.25, -0.2) is 4.79 Å². The molecule has 0 aromatic rings. The Morgan fingerprint density at radius 1 is 1.33 bits per heavy atom.